The zero-order valence-electron chi connectivity index (χ0n) is 14.9. The van der Waals surface area contributed by atoms with Crippen molar-refractivity contribution in [2.24, 2.45) is 5.92 Å². The third kappa shape index (κ3) is 4.10. The largest absolute Gasteiger partial charge is 0.354 e. The van der Waals surface area contributed by atoms with Crippen molar-refractivity contribution in [3.8, 4) is 11.1 Å². The number of rotatable bonds is 4. The molecule has 0 saturated carbocycles. The number of carbonyl (C=O) groups excluding carboxylic acids is 2. The van der Waals surface area contributed by atoms with E-state index in [9.17, 15) is 14.0 Å². The Morgan fingerprint density at radius 3 is 2.62 bits per heavy atom. The van der Waals surface area contributed by atoms with Crippen LogP contribution in [0, 0.1) is 11.7 Å². The average Bonchev–Trinajstić information content (AvgIpc) is 2.84. The average molecular weight is 354 g/mol. The molecule has 2 aromatic rings. The number of carbonyl (C=O) groups is 2. The Balaban J connectivity index is 1.74. The van der Waals surface area contributed by atoms with Gasteiger partial charge >= 0.3 is 0 Å². The first-order valence-electron chi connectivity index (χ1n) is 8.97. The number of hydrogen-bond donors (Lipinski definition) is 1. The van der Waals surface area contributed by atoms with E-state index in [-0.39, 0.29) is 23.5 Å². The fraction of sp³-hybridized carbons (Fsp3) is 0.333. The van der Waals surface area contributed by atoms with Gasteiger partial charge in [0.2, 0.25) is 11.8 Å². The van der Waals surface area contributed by atoms with Crippen LogP contribution < -0.4 is 5.32 Å². The van der Waals surface area contributed by atoms with Gasteiger partial charge in [0.05, 0.1) is 5.92 Å². The fourth-order valence-electron chi connectivity index (χ4n) is 3.31. The summed E-state index contributed by atoms with van der Waals surface area (Å²) in [5.74, 6) is -0.472. The molecule has 0 radical (unpaired) electrons. The Bertz CT molecular complexity index is 789. The summed E-state index contributed by atoms with van der Waals surface area (Å²) in [4.78, 5) is 26.1. The van der Waals surface area contributed by atoms with Gasteiger partial charge in [-0.15, -0.1) is 0 Å². The molecule has 1 atom stereocenters. The third-order valence-electron chi connectivity index (χ3n) is 4.77. The number of amides is 2. The van der Waals surface area contributed by atoms with Crippen LogP contribution in [-0.4, -0.2) is 36.3 Å². The highest BCUT2D eigenvalue weighted by Crippen LogP contribution is 2.24. The molecule has 136 valence electrons. The van der Waals surface area contributed by atoms with Gasteiger partial charge in [0.25, 0.3) is 0 Å². The minimum atomic E-state index is -0.271. The summed E-state index contributed by atoms with van der Waals surface area (Å²) in [5.41, 5.74) is 2.36. The number of hydrogen-bond acceptors (Lipinski definition) is 2. The van der Waals surface area contributed by atoms with E-state index in [1.54, 1.807) is 17.0 Å². The molecule has 1 saturated heterocycles. The lowest BCUT2D eigenvalue weighted by Crippen LogP contribution is -2.36. The van der Waals surface area contributed by atoms with E-state index in [0.717, 1.165) is 11.1 Å². The molecule has 0 aromatic heterocycles. The Hall–Kier alpha value is -2.69. The van der Waals surface area contributed by atoms with Crippen LogP contribution in [0.1, 0.15) is 18.9 Å². The van der Waals surface area contributed by atoms with Gasteiger partial charge in [0.15, 0.2) is 0 Å². The molecule has 1 aliphatic heterocycles. The Kier molecular flexibility index (Phi) is 5.66. The zero-order chi connectivity index (χ0) is 18.5. The van der Waals surface area contributed by atoms with Crippen molar-refractivity contribution in [1.82, 2.24) is 10.2 Å². The predicted octanol–water partition coefficient (Wildman–Crippen LogP) is 3.02. The monoisotopic (exact) mass is 354 g/mol. The quantitative estimate of drug-likeness (QED) is 0.918. The molecule has 2 amide bonds. The molecule has 3 rings (SSSR count). The fourth-order valence-corrected chi connectivity index (χ4v) is 3.31. The summed E-state index contributed by atoms with van der Waals surface area (Å²) in [6.07, 6.45) is 0.995. The second kappa shape index (κ2) is 8.13. The van der Waals surface area contributed by atoms with E-state index < -0.39 is 0 Å². The van der Waals surface area contributed by atoms with Crippen LogP contribution in [0.25, 0.3) is 11.1 Å². The summed E-state index contributed by atoms with van der Waals surface area (Å²) < 4.78 is 13.9. The van der Waals surface area contributed by atoms with Gasteiger partial charge in [-0.25, -0.2) is 4.39 Å². The Morgan fingerprint density at radius 2 is 1.92 bits per heavy atom. The first kappa shape index (κ1) is 18.1. The lowest BCUT2D eigenvalue weighted by Gasteiger charge is -2.22. The van der Waals surface area contributed by atoms with Gasteiger partial charge in [-0.2, -0.15) is 0 Å². The number of halogens is 1. The zero-order valence-corrected chi connectivity index (χ0v) is 14.9. The van der Waals surface area contributed by atoms with E-state index in [2.05, 4.69) is 5.32 Å². The van der Waals surface area contributed by atoms with E-state index >= 15 is 0 Å². The third-order valence-corrected chi connectivity index (χ3v) is 4.77. The molecule has 1 heterocycles. The molecule has 1 N–H and O–H groups in total. The van der Waals surface area contributed by atoms with Crippen molar-refractivity contribution in [3.05, 3.63) is 59.9 Å². The molecule has 5 heteroatoms. The van der Waals surface area contributed by atoms with Gasteiger partial charge < -0.3 is 10.2 Å². The lowest BCUT2D eigenvalue weighted by molar-refractivity contribution is -0.131. The van der Waals surface area contributed by atoms with E-state index in [1.807, 2.05) is 37.3 Å². The van der Waals surface area contributed by atoms with Crippen LogP contribution in [-0.2, 0) is 16.0 Å². The normalized spacial score (nSPS) is 17.5. The van der Waals surface area contributed by atoms with Crippen LogP contribution >= 0.6 is 0 Å². The van der Waals surface area contributed by atoms with Crippen LogP contribution in [0.3, 0.4) is 0 Å². The first-order valence-corrected chi connectivity index (χ1v) is 8.97. The minimum absolute atomic E-state index is 0.0189. The van der Waals surface area contributed by atoms with Crippen molar-refractivity contribution in [2.45, 2.75) is 19.8 Å². The minimum Gasteiger partial charge on any atom is -0.354 e. The summed E-state index contributed by atoms with van der Waals surface area (Å²) in [6.45, 7) is 3.32. The van der Waals surface area contributed by atoms with Gasteiger partial charge in [0.1, 0.15) is 5.82 Å². The topological polar surface area (TPSA) is 49.4 Å². The smallest absolute Gasteiger partial charge is 0.225 e. The van der Waals surface area contributed by atoms with Crippen molar-refractivity contribution < 1.29 is 14.0 Å². The van der Waals surface area contributed by atoms with Gasteiger partial charge in [-0.1, -0.05) is 49.4 Å². The van der Waals surface area contributed by atoms with E-state index in [0.29, 0.717) is 38.0 Å². The molecule has 0 bridgehead atoms. The molecular weight excluding hydrogens is 331 g/mol. The van der Waals surface area contributed by atoms with Crippen LogP contribution in [0.15, 0.2) is 48.5 Å². The van der Waals surface area contributed by atoms with Crippen molar-refractivity contribution in [1.29, 1.82) is 0 Å². The molecule has 0 aliphatic carbocycles. The van der Waals surface area contributed by atoms with Crippen molar-refractivity contribution >= 4 is 11.8 Å². The predicted molar refractivity (Wildman–Crippen MR) is 98.9 cm³/mol. The molecule has 0 unspecified atom stereocenters. The van der Waals surface area contributed by atoms with Crippen molar-refractivity contribution in [3.63, 3.8) is 0 Å². The maximum atomic E-state index is 13.9. The first-order chi connectivity index (χ1) is 12.6. The number of nitrogens with one attached hydrogen (secondary N) is 1. The Labute approximate surface area is 153 Å². The highest BCUT2D eigenvalue weighted by Gasteiger charge is 2.27. The molecule has 4 nitrogen and oxygen atoms in total. The van der Waals surface area contributed by atoms with Gasteiger partial charge in [-0.3, -0.25) is 9.59 Å². The molecule has 26 heavy (non-hydrogen) atoms. The van der Waals surface area contributed by atoms with E-state index in [1.165, 1.54) is 6.07 Å². The second-order valence-electron chi connectivity index (χ2n) is 6.56. The van der Waals surface area contributed by atoms with E-state index in [4.69, 9.17) is 0 Å². The summed E-state index contributed by atoms with van der Waals surface area (Å²) >= 11 is 0. The highest BCUT2D eigenvalue weighted by molar-refractivity contribution is 5.82. The van der Waals surface area contributed by atoms with Gasteiger partial charge in [0, 0.05) is 31.6 Å². The van der Waals surface area contributed by atoms with Crippen LogP contribution in [0.4, 0.5) is 4.39 Å². The van der Waals surface area contributed by atoms with Gasteiger partial charge in [-0.05, 0) is 23.6 Å². The van der Waals surface area contributed by atoms with Crippen LogP contribution in [0.5, 0.6) is 0 Å². The summed E-state index contributed by atoms with van der Waals surface area (Å²) in [7, 11) is 0. The SMILES string of the molecule is CCC(=O)N1CCNC(=O)[C@H](Cc2ccc(-c3ccccc3F)cc2)C1. The summed E-state index contributed by atoms with van der Waals surface area (Å²) in [5, 5.41) is 2.89. The van der Waals surface area contributed by atoms with Crippen molar-refractivity contribution in [2.75, 3.05) is 19.6 Å². The number of benzene rings is 2. The highest BCUT2D eigenvalue weighted by atomic mass is 19.1. The molecule has 1 aliphatic rings. The summed E-state index contributed by atoms with van der Waals surface area (Å²) in [6, 6.07) is 14.3. The maximum Gasteiger partial charge on any atom is 0.225 e. The molecule has 2 aromatic carbocycles. The molecule has 0 spiro atoms. The maximum absolute atomic E-state index is 13.9. The van der Waals surface area contributed by atoms with Crippen LogP contribution in [0.2, 0.25) is 0 Å². The standard InChI is InChI=1S/C21H23FN2O2/c1-2-20(25)24-12-11-23-21(26)17(14-24)13-15-7-9-16(10-8-15)18-5-3-4-6-19(18)22/h3-10,17H,2,11-14H2,1H3,(H,23,26)/t17-/m1/s1. The lowest BCUT2D eigenvalue weighted by atomic mass is 9.96. The molecular formula is C21H23FN2O2. The molecule has 1 fully saturated rings. The number of nitrogens with zero attached hydrogens (tertiary/aromatic N) is 1. The Morgan fingerprint density at radius 1 is 1.19 bits per heavy atom. The second-order valence-corrected chi connectivity index (χ2v) is 6.56.